The van der Waals surface area contributed by atoms with Crippen molar-refractivity contribution in [2.75, 3.05) is 59.2 Å². The lowest BCUT2D eigenvalue weighted by molar-refractivity contribution is -0.144. The number of benzene rings is 1. The van der Waals surface area contributed by atoms with Gasteiger partial charge in [0.2, 0.25) is 0 Å². The van der Waals surface area contributed by atoms with Gasteiger partial charge in [-0.1, -0.05) is 18.2 Å². The molecule has 150 valence electrons. The average Bonchev–Trinajstić information content (AvgIpc) is 2.70. The molecule has 7 heteroatoms. The molecule has 1 heterocycles. The first-order valence-corrected chi connectivity index (χ1v) is 9.60. The van der Waals surface area contributed by atoms with Crippen LogP contribution in [0, 0.1) is 0 Å². The SMILES string of the molecule is CCOC(=O)CCN(CCCN1CCOCC1)C(=O)COc1ccccc1. The standard InChI is InChI=1S/C20H30N2O5/c1-2-26-20(24)9-12-22(11-6-10-21-13-15-25-16-14-21)19(23)17-27-18-7-4-3-5-8-18/h3-5,7-8H,2,6,9-17H2,1H3. The zero-order valence-corrected chi connectivity index (χ0v) is 16.1. The largest absolute Gasteiger partial charge is 0.484 e. The van der Waals surface area contributed by atoms with Crippen molar-refractivity contribution in [2.45, 2.75) is 19.8 Å². The number of carbonyl (C=O) groups is 2. The van der Waals surface area contributed by atoms with Crippen LogP contribution in [-0.2, 0) is 19.1 Å². The monoisotopic (exact) mass is 378 g/mol. The normalized spacial score (nSPS) is 14.6. The molecule has 0 atom stereocenters. The highest BCUT2D eigenvalue weighted by atomic mass is 16.5. The maximum Gasteiger partial charge on any atom is 0.307 e. The molecule has 0 spiro atoms. The lowest BCUT2D eigenvalue weighted by Crippen LogP contribution is -2.41. The van der Waals surface area contributed by atoms with Gasteiger partial charge in [0.1, 0.15) is 5.75 Å². The topological polar surface area (TPSA) is 68.3 Å². The Morgan fingerprint density at radius 1 is 1.15 bits per heavy atom. The summed E-state index contributed by atoms with van der Waals surface area (Å²) in [5.41, 5.74) is 0. The van der Waals surface area contributed by atoms with Gasteiger partial charge in [-0.05, 0) is 25.5 Å². The molecule has 0 unspecified atom stereocenters. The summed E-state index contributed by atoms with van der Waals surface area (Å²) in [7, 11) is 0. The Bertz CT molecular complexity index is 561. The third kappa shape index (κ3) is 8.41. The smallest absolute Gasteiger partial charge is 0.307 e. The first-order chi connectivity index (χ1) is 13.2. The molecule has 0 N–H and O–H groups in total. The lowest BCUT2D eigenvalue weighted by atomic mass is 10.3. The van der Waals surface area contributed by atoms with Crippen molar-refractivity contribution in [3.8, 4) is 5.75 Å². The van der Waals surface area contributed by atoms with Crippen LogP contribution < -0.4 is 4.74 Å². The molecule has 1 aliphatic rings. The Kier molecular flexibility index (Phi) is 9.65. The Morgan fingerprint density at radius 3 is 2.59 bits per heavy atom. The first kappa shape index (κ1) is 21.2. The van der Waals surface area contributed by atoms with E-state index in [2.05, 4.69) is 4.90 Å². The van der Waals surface area contributed by atoms with Gasteiger partial charge in [-0.3, -0.25) is 14.5 Å². The van der Waals surface area contributed by atoms with E-state index in [1.54, 1.807) is 11.8 Å². The van der Waals surface area contributed by atoms with Crippen LogP contribution in [0.15, 0.2) is 30.3 Å². The van der Waals surface area contributed by atoms with Gasteiger partial charge in [0.05, 0.1) is 26.2 Å². The molecular formula is C20H30N2O5. The van der Waals surface area contributed by atoms with E-state index in [0.717, 1.165) is 39.3 Å². The van der Waals surface area contributed by atoms with Gasteiger partial charge in [-0.2, -0.15) is 0 Å². The number of esters is 1. The third-order valence-corrected chi connectivity index (χ3v) is 4.36. The third-order valence-electron chi connectivity index (χ3n) is 4.36. The van der Waals surface area contributed by atoms with E-state index in [1.165, 1.54) is 0 Å². The summed E-state index contributed by atoms with van der Waals surface area (Å²) in [4.78, 5) is 28.3. The number of morpholine rings is 1. The molecule has 1 aromatic rings. The van der Waals surface area contributed by atoms with E-state index in [9.17, 15) is 9.59 Å². The maximum atomic E-state index is 12.6. The fraction of sp³-hybridized carbons (Fsp3) is 0.600. The summed E-state index contributed by atoms with van der Waals surface area (Å²) in [6, 6.07) is 9.25. The van der Waals surface area contributed by atoms with Crippen molar-refractivity contribution in [3.63, 3.8) is 0 Å². The van der Waals surface area contributed by atoms with Gasteiger partial charge in [0, 0.05) is 32.7 Å². The highest BCUT2D eigenvalue weighted by Gasteiger charge is 2.17. The Hall–Kier alpha value is -2.12. The molecule has 7 nitrogen and oxygen atoms in total. The molecule has 1 saturated heterocycles. The number of hydrogen-bond acceptors (Lipinski definition) is 6. The fourth-order valence-electron chi connectivity index (χ4n) is 2.88. The van der Waals surface area contributed by atoms with Gasteiger partial charge in [-0.25, -0.2) is 0 Å². The second-order valence-electron chi connectivity index (χ2n) is 6.35. The van der Waals surface area contributed by atoms with Crippen LogP contribution in [0.5, 0.6) is 5.75 Å². The Balaban J connectivity index is 1.80. The molecule has 1 aliphatic heterocycles. The second kappa shape index (κ2) is 12.3. The molecule has 27 heavy (non-hydrogen) atoms. The number of rotatable bonds is 11. The summed E-state index contributed by atoms with van der Waals surface area (Å²) in [6.07, 6.45) is 1.04. The van der Waals surface area contributed by atoms with Gasteiger partial charge in [-0.15, -0.1) is 0 Å². The van der Waals surface area contributed by atoms with Crippen LogP contribution in [-0.4, -0.2) is 80.8 Å². The number of para-hydroxylation sites is 1. The van der Waals surface area contributed by atoms with Crippen LogP contribution in [0.4, 0.5) is 0 Å². The summed E-state index contributed by atoms with van der Waals surface area (Å²) < 4.78 is 15.9. The zero-order valence-electron chi connectivity index (χ0n) is 16.1. The number of nitrogens with zero attached hydrogens (tertiary/aromatic N) is 2. The van der Waals surface area contributed by atoms with E-state index >= 15 is 0 Å². The average molecular weight is 378 g/mol. The van der Waals surface area contributed by atoms with E-state index in [0.29, 0.717) is 25.4 Å². The van der Waals surface area contributed by atoms with Crippen molar-refractivity contribution < 1.29 is 23.8 Å². The van der Waals surface area contributed by atoms with Crippen molar-refractivity contribution in [3.05, 3.63) is 30.3 Å². The number of carbonyl (C=O) groups excluding carboxylic acids is 2. The van der Waals surface area contributed by atoms with Crippen molar-refractivity contribution in [1.29, 1.82) is 0 Å². The Morgan fingerprint density at radius 2 is 1.89 bits per heavy atom. The highest BCUT2D eigenvalue weighted by molar-refractivity contribution is 5.78. The Labute approximate surface area is 161 Å². The number of amides is 1. The lowest BCUT2D eigenvalue weighted by Gasteiger charge is -2.28. The summed E-state index contributed by atoms with van der Waals surface area (Å²) in [5, 5.41) is 0. The van der Waals surface area contributed by atoms with Crippen LogP contribution in [0.2, 0.25) is 0 Å². The summed E-state index contributed by atoms with van der Waals surface area (Å²) in [6.45, 7) is 7.30. The van der Waals surface area contributed by atoms with Crippen molar-refractivity contribution in [2.24, 2.45) is 0 Å². The quantitative estimate of drug-likeness (QED) is 0.545. The van der Waals surface area contributed by atoms with Crippen LogP contribution in [0.25, 0.3) is 0 Å². The van der Waals surface area contributed by atoms with E-state index < -0.39 is 0 Å². The predicted octanol–water partition coefficient (Wildman–Crippen LogP) is 1.57. The molecular weight excluding hydrogens is 348 g/mol. The van der Waals surface area contributed by atoms with Gasteiger partial charge in [0.15, 0.2) is 6.61 Å². The van der Waals surface area contributed by atoms with Crippen molar-refractivity contribution >= 4 is 11.9 Å². The van der Waals surface area contributed by atoms with Gasteiger partial charge in [0.25, 0.3) is 5.91 Å². The first-order valence-electron chi connectivity index (χ1n) is 9.60. The van der Waals surface area contributed by atoms with Crippen LogP contribution in [0.3, 0.4) is 0 Å². The molecule has 0 bridgehead atoms. The second-order valence-corrected chi connectivity index (χ2v) is 6.35. The number of ether oxygens (including phenoxy) is 3. The predicted molar refractivity (Wildman–Crippen MR) is 102 cm³/mol. The molecule has 0 saturated carbocycles. The van der Waals surface area contributed by atoms with E-state index in [4.69, 9.17) is 14.2 Å². The van der Waals surface area contributed by atoms with E-state index in [1.807, 2.05) is 30.3 Å². The summed E-state index contributed by atoms with van der Waals surface area (Å²) >= 11 is 0. The van der Waals surface area contributed by atoms with Crippen molar-refractivity contribution in [1.82, 2.24) is 9.80 Å². The zero-order chi connectivity index (χ0) is 19.3. The van der Waals surface area contributed by atoms with Crippen LogP contribution >= 0.6 is 0 Å². The van der Waals surface area contributed by atoms with Crippen LogP contribution in [0.1, 0.15) is 19.8 Å². The minimum Gasteiger partial charge on any atom is -0.484 e. The molecule has 0 aromatic heterocycles. The molecule has 0 radical (unpaired) electrons. The molecule has 1 amide bonds. The van der Waals surface area contributed by atoms with Gasteiger partial charge >= 0.3 is 5.97 Å². The minimum atomic E-state index is -0.285. The molecule has 1 aromatic carbocycles. The van der Waals surface area contributed by atoms with Gasteiger partial charge < -0.3 is 19.1 Å². The fourth-order valence-corrected chi connectivity index (χ4v) is 2.88. The molecule has 1 fully saturated rings. The highest BCUT2D eigenvalue weighted by Crippen LogP contribution is 2.09. The molecule has 2 rings (SSSR count). The minimum absolute atomic E-state index is 0.0373. The summed E-state index contributed by atoms with van der Waals surface area (Å²) in [5.74, 6) is 0.252. The maximum absolute atomic E-state index is 12.6. The van der Waals surface area contributed by atoms with E-state index in [-0.39, 0.29) is 24.9 Å². The molecule has 0 aliphatic carbocycles. The number of hydrogen-bond donors (Lipinski definition) is 0.